The molecule has 0 aromatic carbocycles. The van der Waals surface area contributed by atoms with E-state index in [0.29, 0.717) is 24.1 Å². The van der Waals surface area contributed by atoms with E-state index in [-0.39, 0.29) is 12.3 Å². The van der Waals surface area contributed by atoms with Crippen LogP contribution >= 0.6 is 0 Å². The minimum Gasteiger partial charge on any atom is -0.339 e. The summed E-state index contributed by atoms with van der Waals surface area (Å²) in [5, 5.41) is 0. The summed E-state index contributed by atoms with van der Waals surface area (Å²) in [6.07, 6.45) is 0.947. The number of hydrogen-bond acceptors (Lipinski definition) is 5. The molecule has 0 bridgehead atoms. The molecule has 1 aliphatic heterocycles. The third kappa shape index (κ3) is 2.92. The van der Waals surface area contributed by atoms with Gasteiger partial charge < -0.3 is 9.80 Å². The first kappa shape index (κ1) is 14.4. The molecule has 0 amide bonds. The van der Waals surface area contributed by atoms with Gasteiger partial charge in [0.1, 0.15) is 17.3 Å². The molecule has 0 saturated heterocycles. The number of rotatable bonds is 5. The summed E-state index contributed by atoms with van der Waals surface area (Å²) in [6, 6.07) is 0. The smallest absolute Gasteiger partial charge is 0.327 e. The predicted molar refractivity (Wildman–Crippen MR) is 77.4 cm³/mol. The average Bonchev–Trinajstić information content (AvgIpc) is 2.63. The lowest BCUT2D eigenvalue weighted by Crippen LogP contribution is -2.36. The molecule has 7 heteroatoms. The zero-order chi connectivity index (χ0) is 14.9. The third-order valence-electron chi connectivity index (χ3n) is 3.26. The Labute approximate surface area is 116 Å². The Balaban J connectivity index is 2.35. The van der Waals surface area contributed by atoms with Crippen molar-refractivity contribution >= 4 is 17.3 Å². The largest absolute Gasteiger partial charge is 0.339 e. The number of anilines is 2. The Morgan fingerprint density at radius 1 is 1.25 bits per heavy atom. The normalized spacial score (nSPS) is 14.0. The van der Waals surface area contributed by atoms with Crippen molar-refractivity contribution in [2.45, 2.75) is 27.2 Å². The summed E-state index contributed by atoms with van der Waals surface area (Å²) in [5.41, 5.74) is -0.589. The number of carbonyl (C=O) groups excluding carboxylic acids is 1. The number of H-pyrrole nitrogens is 2. The van der Waals surface area contributed by atoms with Gasteiger partial charge in [-0.1, -0.05) is 13.8 Å². The average molecular weight is 280 g/mol. The Morgan fingerprint density at radius 2 is 1.95 bits per heavy atom. The summed E-state index contributed by atoms with van der Waals surface area (Å²) >= 11 is 0. The number of fused-ring (bicyclic) bond motifs is 1. The lowest BCUT2D eigenvalue weighted by molar-refractivity contribution is -0.115. The molecule has 0 radical (unpaired) electrons. The van der Waals surface area contributed by atoms with Gasteiger partial charge in [0.25, 0.3) is 5.56 Å². The maximum Gasteiger partial charge on any atom is 0.327 e. The molecule has 0 aliphatic carbocycles. The fourth-order valence-corrected chi connectivity index (χ4v) is 2.33. The van der Waals surface area contributed by atoms with Crippen molar-refractivity contribution in [2.24, 2.45) is 5.92 Å². The van der Waals surface area contributed by atoms with E-state index in [9.17, 15) is 14.4 Å². The van der Waals surface area contributed by atoms with Gasteiger partial charge in [0.15, 0.2) is 0 Å². The van der Waals surface area contributed by atoms with E-state index < -0.39 is 11.2 Å². The van der Waals surface area contributed by atoms with Gasteiger partial charge in [0.05, 0.1) is 13.2 Å². The molecule has 1 aromatic rings. The highest BCUT2D eigenvalue weighted by Gasteiger charge is 2.30. The fourth-order valence-electron chi connectivity index (χ4n) is 2.33. The van der Waals surface area contributed by atoms with Gasteiger partial charge in [-0.2, -0.15) is 0 Å². The van der Waals surface area contributed by atoms with E-state index in [4.69, 9.17) is 0 Å². The number of Topliss-reactive ketones (excluding diaryl/α,β-unsaturated/α-hetero) is 1. The van der Waals surface area contributed by atoms with Crippen LogP contribution < -0.4 is 21.0 Å². The number of aromatic amines is 2. The van der Waals surface area contributed by atoms with E-state index in [2.05, 4.69) is 23.8 Å². The minimum atomic E-state index is -0.520. The SMILES string of the molecule is CC(=O)CN1CN(CCC(C)C)c2[nH]c(=O)[nH]c(=O)c21. The number of nitrogens with one attached hydrogen (secondary N) is 2. The highest BCUT2D eigenvalue weighted by molar-refractivity contribution is 5.84. The van der Waals surface area contributed by atoms with Gasteiger partial charge in [-0.05, 0) is 19.3 Å². The molecule has 2 N–H and O–H groups in total. The van der Waals surface area contributed by atoms with Crippen LogP contribution in [0.5, 0.6) is 0 Å². The second-order valence-corrected chi connectivity index (χ2v) is 5.59. The van der Waals surface area contributed by atoms with Crippen molar-refractivity contribution in [2.75, 3.05) is 29.6 Å². The van der Waals surface area contributed by atoms with E-state index in [1.807, 2.05) is 4.90 Å². The van der Waals surface area contributed by atoms with Gasteiger partial charge in [-0.3, -0.25) is 19.6 Å². The number of carbonyl (C=O) groups is 1. The molecular formula is C13H20N4O3. The summed E-state index contributed by atoms with van der Waals surface area (Å²) in [5.74, 6) is 1.02. The third-order valence-corrected chi connectivity index (χ3v) is 3.26. The first-order chi connectivity index (χ1) is 9.38. The molecule has 0 spiro atoms. The van der Waals surface area contributed by atoms with E-state index in [0.717, 1.165) is 13.0 Å². The Hall–Kier alpha value is -2.05. The van der Waals surface area contributed by atoms with Crippen LogP contribution in [-0.4, -0.2) is 35.5 Å². The van der Waals surface area contributed by atoms with Crippen LogP contribution in [0.4, 0.5) is 11.5 Å². The van der Waals surface area contributed by atoms with Crippen LogP contribution in [0, 0.1) is 5.92 Å². The molecule has 20 heavy (non-hydrogen) atoms. The Kier molecular flexibility index (Phi) is 3.96. The predicted octanol–water partition coefficient (Wildman–Crippen LogP) is 0.282. The van der Waals surface area contributed by atoms with Crippen LogP contribution in [0.1, 0.15) is 27.2 Å². The van der Waals surface area contributed by atoms with Crippen molar-refractivity contribution in [3.8, 4) is 0 Å². The molecule has 1 aliphatic rings. The molecule has 2 rings (SSSR count). The van der Waals surface area contributed by atoms with Crippen molar-refractivity contribution in [1.29, 1.82) is 0 Å². The first-order valence-corrected chi connectivity index (χ1v) is 6.74. The molecular weight excluding hydrogens is 260 g/mol. The van der Waals surface area contributed by atoms with Gasteiger partial charge in [-0.15, -0.1) is 0 Å². The Bertz CT molecular complexity index is 617. The van der Waals surface area contributed by atoms with Gasteiger partial charge >= 0.3 is 5.69 Å². The second kappa shape index (κ2) is 5.52. The minimum absolute atomic E-state index is 0.0211. The number of hydrogen-bond donors (Lipinski definition) is 2. The van der Waals surface area contributed by atoms with Crippen molar-refractivity contribution < 1.29 is 4.79 Å². The van der Waals surface area contributed by atoms with E-state index >= 15 is 0 Å². The van der Waals surface area contributed by atoms with Crippen LogP contribution in [0.3, 0.4) is 0 Å². The standard InChI is InChI=1S/C13H20N4O3/c1-8(2)4-5-16-7-17(6-9(3)18)10-11(16)14-13(20)15-12(10)19/h8H,4-7H2,1-3H3,(H2,14,15,19,20). The molecule has 0 saturated carbocycles. The fraction of sp³-hybridized carbons (Fsp3) is 0.615. The molecule has 7 nitrogen and oxygen atoms in total. The number of nitrogens with zero attached hydrogens (tertiary/aromatic N) is 2. The lowest BCUT2D eigenvalue weighted by Gasteiger charge is -2.21. The Morgan fingerprint density at radius 3 is 2.55 bits per heavy atom. The molecule has 0 unspecified atom stereocenters. The monoisotopic (exact) mass is 280 g/mol. The van der Waals surface area contributed by atoms with Crippen molar-refractivity contribution in [3.05, 3.63) is 20.8 Å². The van der Waals surface area contributed by atoms with E-state index in [1.165, 1.54) is 6.92 Å². The summed E-state index contributed by atoms with van der Waals surface area (Å²) in [6.45, 7) is 7.06. The molecule has 0 fully saturated rings. The maximum atomic E-state index is 12.0. The summed E-state index contributed by atoms with van der Waals surface area (Å²) in [7, 11) is 0. The highest BCUT2D eigenvalue weighted by Crippen LogP contribution is 2.29. The quantitative estimate of drug-likeness (QED) is 0.809. The zero-order valence-corrected chi connectivity index (χ0v) is 12.0. The summed E-state index contributed by atoms with van der Waals surface area (Å²) < 4.78 is 0. The van der Waals surface area contributed by atoms with Crippen molar-refractivity contribution in [3.63, 3.8) is 0 Å². The van der Waals surface area contributed by atoms with Crippen molar-refractivity contribution in [1.82, 2.24) is 9.97 Å². The number of ketones is 1. The zero-order valence-electron chi connectivity index (χ0n) is 12.0. The van der Waals surface area contributed by atoms with Gasteiger partial charge in [0, 0.05) is 6.54 Å². The van der Waals surface area contributed by atoms with Crippen LogP contribution in [0.25, 0.3) is 0 Å². The first-order valence-electron chi connectivity index (χ1n) is 6.74. The van der Waals surface area contributed by atoms with Crippen LogP contribution in [0.2, 0.25) is 0 Å². The summed E-state index contributed by atoms with van der Waals surface area (Å²) in [4.78, 5) is 43.2. The lowest BCUT2D eigenvalue weighted by atomic mass is 10.1. The maximum absolute atomic E-state index is 12.0. The number of aromatic nitrogens is 2. The topological polar surface area (TPSA) is 89.3 Å². The molecule has 0 atom stereocenters. The molecule has 110 valence electrons. The second-order valence-electron chi connectivity index (χ2n) is 5.59. The molecule has 1 aromatic heterocycles. The van der Waals surface area contributed by atoms with E-state index in [1.54, 1.807) is 4.90 Å². The highest BCUT2D eigenvalue weighted by atomic mass is 16.2. The van der Waals surface area contributed by atoms with Crippen LogP contribution in [0.15, 0.2) is 9.59 Å². The van der Waals surface area contributed by atoms with Crippen LogP contribution in [-0.2, 0) is 4.79 Å². The molecule has 2 heterocycles. The van der Waals surface area contributed by atoms with Gasteiger partial charge in [-0.25, -0.2) is 4.79 Å². The van der Waals surface area contributed by atoms with Gasteiger partial charge in [0.2, 0.25) is 0 Å².